The fraction of sp³-hybridized carbons (Fsp3) is 0.179. The zero-order valence-corrected chi connectivity index (χ0v) is 20.4. The van der Waals surface area contributed by atoms with Crippen molar-refractivity contribution in [3.8, 4) is 17.5 Å². The fourth-order valence-electron chi connectivity index (χ4n) is 3.79. The van der Waals surface area contributed by atoms with Gasteiger partial charge in [-0.1, -0.05) is 41.9 Å². The lowest BCUT2D eigenvalue weighted by molar-refractivity contribution is 0.0259. The molecule has 4 rings (SSSR count). The molecule has 0 amide bonds. The molecule has 0 radical (unpaired) electrons. The van der Waals surface area contributed by atoms with Crippen molar-refractivity contribution in [2.45, 2.75) is 32.3 Å². The lowest BCUT2D eigenvalue weighted by Gasteiger charge is -2.22. The molecular formula is C28H21ClN4O3. The van der Waals surface area contributed by atoms with E-state index in [0.29, 0.717) is 45.6 Å². The fourth-order valence-corrected chi connectivity index (χ4v) is 4.02. The first-order chi connectivity index (χ1) is 17.4. The van der Waals surface area contributed by atoms with Crippen LogP contribution in [-0.2, 0) is 11.2 Å². The number of nitriles is 1. The summed E-state index contributed by atoms with van der Waals surface area (Å²) in [6.07, 6.45) is -0.229. The summed E-state index contributed by atoms with van der Waals surface area (Å²) < 4.78 is 11.8. The molecule has 178 valence electrons. The minimum Gasteiger partial charge on any atom is -0.458 e. The number of benzene rings is 3. The number of esters is 1. The standard InChI is InChI=1S/C28H21ClN4O3/c1-17-22(13-14-24(31-3)25(17)29)15-23(18(2)35-28(34)21-7-5-4-6-8-21)27-33-32-26(36-27)20-11-9-19(16-30)10-12-20/h4-14,18,23H,15H2,1-2H3/t18-,23+/m0/s1. The molecule has 8 heteroatoms. The van der Waals surface area contributed by atoms with Crippen LogP contribution in [0.25, 0.3) is 16.3 Å². The molecule has 7 nitrogen and oxygen atoms in total. The van der Waals surface area contributed by atoms with Crippen molar-refractivity contribution in [3.63, 3.8) is 0 Å². The predicted molar refractivity (Wildman–Crippen MR) is 135 cm³/mol. The van der Waals surface area contributed by atoms with Gasteiger partial charge in [0.05, 0.1) is 34.7 Å². The van der Waals surface area contributed by atoms with Gasteiger partial charge >= 0.3 is 5.97 Å². The molecule has 0 aliphatic carbocycles. The van der Waals surface area contributed by atoms with Crippen LogP contribution < -0.4 is 0 Å². The summed E-state index contributed by atoms with van der Waals surface area (Å²) >= 11 is 6.41. The number of ether oxygens (including phenoxy) is 1. The minimum atomic E-state index is -0.620. The van der Waals surface area contributed by atoms with Crippen LogP contribution in [0.3, 0.4) is 0 Å². The van der Waals surface area contributed by atoms with E-state index in [1.807, 2.05) is 19.1 Å². The molecule has 0 spiro atoms. The van der Waals surface area contributed by atoms with Crippen LogP contribution in [0.1, 0.15) is 45.8 Å². The van der Waals surface area contributed by atoms with Crippen LogP contribution in [0, 0.1) is 24.8 Å². The van der Waals surface area contributed by atoms with Crippen molar-refractivity contribution in [3.05, 3.63) is 111 Å². The van der Waals surface area contributed by atoms with Gasteiger partial charge in [0.15, 0.2) is 0 Å². The van der Waals surface area contributed by atoms with Crippen LogP contribution in [0.5, 0.6) is 0 Å². The smallest absolute Gasteiger partial charge is 0.338 e. The molecule has 0 aliphatic rings. The highest BCUT2D eigenvalue weighted by Gasteiger charge is 2.30. The second-order valence-electron chi connectivity index (χ2n) is 8.22. The lowest BCUT2D eigenvalue weighted by Crippen LogP contribution is -2.25. The Hall–Kier alpha value is -4.46. The SMILES string of the molecule is [C-]#[N+]c1ccc(C[C@@H](c2nnc(-c3ccc(C#N)cc3)o2)[C@H](C)OC(=O)c2ccccc2)c(C)c1Cl. The first-order valence-corrected chi connectivity index (χ1v) is 11.5. The largest absolute Gasteiger partial charge is 0.458 e. The Morgan fingerprint density at radius 2 is 1.86 bits per heavy atom. The van der Waals surface area contributed by atoms with Gasteiger partial charge < -0.3 is 9.15 Å². The number of carbonyl (C=O) groups is 1. The average Bonchev–Trinajstić information content (AvgIpc) is 3.40. The molecular weight excluding hydrogens is 476 g/mol. The molecule has 4 aromatic rings. The summed E-state index contributed by atoms with van der Waals surface area (Å²) in [5.74, 6) is -0.351. The summed E-state index contributed by atoms with van der Waals surface area (Å²) in [5.41, 5.74) is 3.64. The second kappa shape index (κ2) is 10.9. The van der Waals surface area contributed by atoms with Crippen LogP contribution in [-0.4, -0.2) is 22.3 Å². The molecule has 0 saturated carbocycles. The summed E-state index contributed by atoms with van der Waals surface area (Å²) in [6.45, 7) is 10.9. The molecule has 0 N–H and O–H groups in total. The van der Waals surface area contributed by atoms with Crippen molar-refractivity contribution in [2.75, 3.05) is 0 Å². The van der Waals surface area contributed by atoms with E-state index in [1.165, 1.54) is 0 Å². The quantitative estimate of drug-likeness (QED) is 0.209. The Kier molecular flexibility index (Phi) is 7.44. The number of nitrogens with zero attached hydrogens (tertiary/aromatic N) is 4. The Bertz CT molecular complexity index is 1470. The first-order valence-electron chi connectivity index (χ1n) is 11.2. The van der Waals surface area contributed by atoms with Gasteiger partial charge in [0.25, 0.3) is 0 Å². The highest BCUT2D eigenvalue weighted by atomic mass is 35.5. The van der Waals surface area contributed by atoms with E-state index in [4.69, 9.17) is 32.6 Å². The number of carbonyl (C=O) groups excluding carboxylic acids is 1. The third-order valence-corrected chi connectivity index (χ3v) is 6.40. The molecule has 1 aromatic heterocycles. The van der Waals surface area contributed by atoms with E-state index in [1.54, 1.807) is 61.5 Å². The topological polar surface area (TPSA) is 93.4 Å². The Morgan fingerprint density at radius 3 is 2.53 bits per heavy atom. The molecule has 0 fully saturated rings. The van der Waals surface area contributed by atoms with Crippen molar-refractivity contribution < 1.29 is 13.9 Å². The Morgan fingerprint density at radius 1 is 1.14 bits per heavy atom. The molecule has 36 heavy (non-hydrogen) atoms. The number of halogens is 1. The van der Waals surface area contributed by atoms with Gasteiger partial charge in [0.2, 0.25) is 17.5 Å². The summed E-state index contributed by atoms with van der Waals surface area (Å²) in [4.78, 5) is 16.2. The summed E-state index contributed by atoms with van der Waals surface area (Å²) in [6, 6.07) is 21.1. The van der Waals surface area contributed by atoms with Crippen molar-refractivity contribution in [1.82, 2.24) is 10.2 Å². The van der Waals surface area contributed by atoms with Crippen LogP contribution in [0.15, 0.2) is 71.1 Å². The molecule has 0 aliphatic heterocycles. The lowest BCUT2D eigenvalue weighted by atomic mass is 9.92. The van der Waals surface area contributed by atoms with Gasteiger partial charge in [-0.25, -0.2) is 9.64 Å². The molecule has 2 atom stereocenters. The van der Waals surface area contributed by atoms with E-state index in [-0.39, 0.29) is 0 Å². The van der Waals surface area contributed by atoms with Gasteiger partial charge in [0, 0.05) is 5.56 Å². The summed E-state index contributed by atoms with van der Waals surface area (Å²) in [5, 5.41) is 17.9. The number of rotatable bonds is 7. The maximum absolute atomic E-state index is 12.8. The van der Waals surface area contributed by atoms with E-state index >= 15 is 0 Å². The number of hydrogen-bond donors (Lipinski definition) is 0. The highest BCUT2D eigenvalue weighted by molar-refractivity contribution is 6.34. The highest BCUT2D eigenvalue weighted by Crippen LogP contribution is 2.35. The molecule has 1 heterocycles. The maximum atomic E-state index is 12.8. The number of aromatic nitrogens is 2. The molecule has 0 saturated heterocycles. The zero-order valence-electron chi connectivity index (χ0n) is 19.6. The van der Waals surface area contributed by atoms with E-state index in [0.717, 1.165) is 11.1 Å². The molecule has 3 aromatic carbocycles. The molecule has 0 bridgehead atoms. The predicted octanol–water partition coefficient (Wildman–Crippen LogP) is 6.69. The van der Waals surface area contributed by atoms with E-state index < -0.39 is 18.0 Å². The van der Waals surface area contributed by atoms with Crippen LogP contribution in [0.4, 0.5) is 5.69 Å². The molecule has 0 unspecified atom stereocenters. The van der Waals surface area contributed by atoms with Gasteiger partial charge in [0.1, 0.15) is 6.10 Å². The average molecular weight is 497 g/mol. The Labute approximate surface area is 213 Å². The van der Waals surface area contributed by atoms with Gasteiger partial charge in [-0.2, -0.15) is 5.26 Å². The van der Waals surface area contributed by atoms with Crippen molar-refractivity contribution >= 4 is 23.3 Å². The monoisotopic (exact) mass is 496 g/mol. The third kappa shape index (κ3) is 5.27. The van der Waals surface area contributed by atoms with Crippen molar-refractivity contribution in [1.29, 1.82) is 5.26 Å². The van der Waals surface area contributed by atoms with Crippen molar-refractivity contribution in [2.24, 2.45) is 0 Å². The van der Waals surface area contributed by atoms with Crippen LogP contribution >= 0.6 is 11.6 Å². The van der Waals surface area contributed by atoms with Gasteiger partial charge in [-0.05, 0) is 67.8 Å². The Balaban J connectivity index is 1.67. The second-order valence-corrected chi connectivity index (χ2v) is 8.59. The summed E-state index contributed by atoms with van der Waals surface area (Å²) in [7, 11) is 0. The first kappa shape index (κ1) is 24.7. The van der Waals surface area contributed by atoms with Gasteiger partial charge in [-0.15, -0.1) is 10.2 Å². The normalized spacial score (nSPS) is 12.2. The third-order valence-electron chi connectivity index (χ3n) is 5.93. The van der Waals surface area contributed by atoms with E-state index in [9.17, 15) is 4.79 Å². The zero-order chi connectivity index (χ0) is 25.7. The van der Waals surface area contributed by atoms with E-state index in [2.05, 4.69) is 21.1 Å². The van der Waals surface area contributed by atoms with Gasteiger partial charge in [-0.3, -0.25) is 0 Å². The number of hydrogen-bond acceptors (Lipinski definition) is 6. The minimum absolute atomic E-state index is 0.291. The van der Waals surface area contributed by atoms with Crippen LogP contribution in [0.2, 0.25) is 5.02 Å². The maximum Gasteiger partial charge on any atom is 0.338 e.